The molecule has 9 heteroatoms. The number of rotatable bonds is 5. The number of carboxylic acid groups (broad SMARTS) is 1. The lowest BCUT2D eigenvalue weighted by molar-refractivity contribution is 0.0250. The zero-order chi connectivity index (χ0) is 22.2. The number of aromatic nitrogens is 2. The molecule has 4 heterocycles. The third-order valence-electron chi connectivity index (χ3n) is 6.11. The number of benzene rings is 1. The Morgan fingerprint density at radius 2 is 2.03 bits per heavy atom. The summed E-state index contributed by atoms with van der Waals surface area (Å²) in [6.07, 6.45) is 3.45. The van der Waals surface area contributed by atoms with E-state index < -0.39 is 24.0 Å². The third-order valence-corrected chi connectivity index (χ3v) is 6.11. The summed E-state index contributed by atoms with van der Waals surface area (Å²) in [5, 5.41) is 13.5. The largest absolute Gasteiger partial charge is 0.490 e. The molecule has 2 aliphatic heterocycles. The highest BCUT2D eigenvalue weighted by Gasteiger charge is 2.36. The summed E-state index contributed by atoms with van der Waals surface area (Å²) < 4.78 is 41.9. The molecule has 1 N–H and O–H groups in total. The van der Waals surface area contributed by atoms with Crippen LogP contribution in [-0.2, 0) is 4.74 Å². The Balaban J connectivity index is 1.52. The lowest BCUT2D eigenvalue weighted by atomic mass is 10.0. The maximum absolute atomic E-state index is 14.6. The predicted octanol–water partition coefficient (Wildman–Crippen LogP) is 4.02. The quantitative estimate of drug-likeness (QED) is 0.642. The van der Waals surface area contributed by atoms with Gasteiger partial charge in [-0.25, -0.2) is 18.1 Å². The molecular formula is C23H23F2N3O4. The van der Waals surface area contributed by atoms with Crippen molar-refractivity contribution in [3.05, 3.63) is 59.7 Å². The van der Waals surface area contributed by atoms with E-state index in [1.165, 1.54) is 22.8 Å². The van der Waals surface area contributed by atoms with Gasteiger partial charge in [0.1, 0.15) is 29.4 Å². The molecule has 2 saturated heterocycles. The van der Waals surface area contributed by atoms with Gasteiger partial charge in [0.2, 0.25) is 0 Å². The molecular weight excluding hydrogens is 420 g/mol. The minimum atomic E-state index is -1.11. The predicted molar refractivity (Wildman–Crippen MR) is 113 cm³/mol. The van der Waals surface area contributed by atoms with Gasteiger partial charge in [0.15, 0.2) is 0 Å². The topological polar surface area (TPSA) is 76.3 Å². The van der Waals surface area contributed by atoms with Gasteiger partial charge >= 0.3 is 5.97 Å². The summed E-state index contributed by atoms with van der Waals surface area (Å²) in [7, 11) is 0. The van der Waals surface area contributed by atoms with Gasteiger partial charge in [-0.2, -0.15) is 5.10 Å². The number of fused-ring (bicyclic) bond motifs is 1. The molecule has 168 valence electrons. The van der Waals surface area contributed by atoms with Crippen molar-refractivity contribution in [3.8, 4) is 5.75 Å². The van der Waals surface area contributed by atoms with E-state index in [0.717, 1.165) is 12.8 Å². The number of aromatic carboxylic acids is 1. The Labute approximate surface area is 183 Å². The Hall–Kier alpha value is -3.20. The molecule has 0 bridgehead atoms. The highest BCUT2D eigenvalue weighted by atomic mass is 19.1. The van der Waals surface area contributed by atoms with Crippen molar-refractivity contribution in [1.29, 1.82) is 0 Å². The number of pyridine rings is 1. The van der Waals surface area contributed by atoms with Crippen LogP contribution in [0, 0.1) is 5.82 Å². The number of carbonyl (C=O) groups is 1. The Kier molecular flexibility index (Phi) is 5.42. The van der Waals surface area contributed by atoms with Crippen LogP contribution in [0.5, 0.6) is 5.75 Å². The monoisotopic (exact) mass is 443 g/mol. The minimum Gasteiger partial charge on any atom is -0.490 e. The van der Waals surface area contributed by atoms with Crippen LogP contribution >= 0.6 is 0 Å². The Morgan fingerprint density at radius 1 is 1.22 bits per heavy atom. The van der Waals surface area contributed by atoms with Gasteiger partial charge in [-0.1, -0.05) is 0 Å². The van der Waals surface area contributed by atoms with E-state index in [2.05, 4.69) is 5.10 Å². The summed E-state index contributed by atoms with van der Waals surface area (Å²) in [4.78, 5) is 13.4. The molecule has 0 radical (unpaired) electrons. The number of nitrogens with zero attached hydrogens (tertiary/aromatic N) is 3. The van der Waals surface area contributed by atoms with Crippen molar-refractivity contribution in [2.24, 2.45) is 0 Å². The molecule has 0 saturated carbocycles. The number of alkyl halides is 1. The summed E-state index contributed by atoms with van der Waals surface area (Å²) in [5.41, 5.74) is 1.71. The number of hydrogen-bond donors (Lipinski definition) is 1. The average molecular weight is 443 g/mol. The molecule has 0 unspecified atom stereocenters. The van der Waals surface area contributed by atoms with Crippen LogP contribution in [0.1, 0.15) is 41.2 Å². The molecule has 3 aromatic rings. The van der Waals surface area contributed by atoms with Crippen LogP contribution in [0.2, 0.25) is 0 Å². The molecule has 2 aromatic heterocycles. The molecule has 2 aliphatic rings. The molecule has 0 aliphatic carbocycles. The Bertz CT molecular complexity index is 1150. The number of ether oxygens (including phenoxy) is 2. The average Bonchev–Trinajstić information content (AvgIpc) is 3.38. The van der Waals surface area contributed by atoms with Crippen LogP contribution in [-0.4, -0.2) is 52.7 Å². The van der Waals surface area contributed by atoms with Crippen molar-refractivity contribution in [2.75, 3.05) is 24.7 Å². The van der Waals surface area contributed by atoms with Gasteiger partial charge < -0.3 is 19.5 Å². The first-order valence-electron chi connectivity index (χ1n) is 10.6. The molecule has 5 rings (SSSR count). The summed E-state index contributed by atoms with van der Waals surface area (Å²) >= 11 is 0. The van der Waals surface area contributed by atoms with Crippen molar-refractivity contribution in [1.82, 2.24) is 9.61 Å². The fourth-order valence-electron chi connectivity index (χ4n) is 4.54. The number of anilines is 1. The van der Waals surface area contributed by atoms with Gasteiger partial charge in [0, 0.05) is 43.3 Å². The number of halogens is 2. The fraction of sp³-hybridized carbons (Fsp3) is 0.391. The fourth-order valence-corrected chi connectivity index (χ4v) is 4.54. The first-order chi connectivity index (χ1) is 15.5. The Morgan fingerprint density at radius 3 is 2.81 bits per heavy atom. The minimum absolute atomic E-state index is 0.0368. The van der Waals surface area contributed by atoms with Crippen molar-refractivity contribution in [2.45, 2.75) is 37.6 Å². The van der Waals surface area contributed by atoms with Crippen molar-refractivity contribution >= 4 is 17.2 Å². The molecule has 32 heavy (non-hydrogen) atoms. The second-order valence-corrected chi connectivity index (χ2v) is 8.19. The molecule has 1 aromatic carbocycles. The smallest absolute Gasteiger partial charge is 0.339 e. The maximum Gasteiger partial charge on any atom is 0.339 e. The van der Waals surface area contributed by atoms with Crippen molar-refractivity contribution in [3.63, 3.8) is 0 Å². The molecule has 0 amide bonds. The van der Waals surface area contributed by atoms with Gasteiger partial charge in [-0.05, 0) is 30.3 Å². The van der Waals surface area contributed by atoms with Crippen LogP contribution in [0.25, 0.3) is 5.52 Å². The van der Waals surface area contributed by atoms with E-state index in [9.17, 15) is 18.7 Å². The van der Waals surface area contributed by atoms with Gasteiger partial charge in [0.25, 0.3) is 0 Å². The zero-order valence-corrected chi connectivity index (χ0v) is 17.3. The summed E-state index contributed by atoms with van der Waals surface area (Å²) in [5.74, 6) is -0.962. The van der Waals surface area contributed by atoms with Gasteiger partial charge in [-0.15, -0.1) is 0 Å². The number of carboxylic acids is 1. The number of hydrogen-bond acceptors (Lipinski definition) is 5. The van der Waals surface area contributed by atoms with Gasteiger partial charge in [-0.3, -0.25) is 0 Å². The summed E-state index contributed by atoms with van der Waals surface area (Å²) in [6.45, 7) is 1.34. The molecule has 2 atom stereocenters. The lowest BCUT2D eigenvalue weighted by Crippen LogP contribution is -2.28. The van der Waals surface area contributed by atoms with E-state index in [0.29, 0.717) is 35.7 Å². The standard InChI is InChI=1S/C23H23F2N3O4/c24-14-1-2-22(32-17-4-7-31-8-5-17)18(9-14)20-10-15(25)13-27(20)16-3-6-28-21(11-16)19(12-26-28)23(29)30/h1-3,6,9,11-12,15,17,20H,4-5,7-8,10,13H2,(H,29,30)/t15-,20+/m0/s1. The first-order valence-corrected chi connectivity index (χ1v) is 10.6. The van der Waals surface area contributed by atoms with E-state index >= 15 is 0 Å². The van der Waals surface area contributed by atoms with Crippen LogP contribution in [0.4, 0.5) is 14.5 Å². The SMILES string of the molecule is O=C(O)c1cnn2ccc(N3C[C@@H](F)C[C@@H]3c3cc(F)ccc3OC3CCOCC3)cc12. The highest BCUT2D eigenvalue weighted by Crippen LogP contribution is 2.42. The highest BCUT2D eigenvalue weighted by molar-refractivity contribution is 5.95. The lowest BCUT2D eigenvalue weighted by Gasteiger charge is -2.30. The first kappa shape index (κ1) is 20.7. The van der Waals surface area contributed by atoms with E-state index in [-0.39, 0.29) is 24.6 Å². The normalized spacial score (nSPS) is 21.9. The maximum atomic E-state index is 14.6. The van der Waals surface area contributed by atoms with Crippen molar-refractivity contribution < 1.29 is 28.2 Å². The van der Waals surface area contributed by atoms with Crippen LogP contribution in [0.15, 0.2) is 42.7 Å². The molecule has 7 nitrogen and oxygen atoms in total. The van der Waals surface area contributed by atoms with Crippen LogP contribution in [0.3, 0.4) is 0 Å². The van der Waals surface area contributed by atoms with E-state index in [4.69, 9.17) is 9.47 Å². The van der Waals surface area contributed by atoms with E-state index in [1.807, 2.05) is 4.90 Å². The second-order valence-electron chi connectivity index (χ2n) is 8.19. The van der Waals surface area contributed by atoms with Gasteiger partial charge in [0.05, 0.1) is 31.0 Å². The molecule has 2 fully saturated rings. The zero-order valence-electron chi connectivity index (χ0n) is 17.3. The third kappa shape index (κ3) is 3.88. The second kappa shape index (κ2) is 8.38. The van der Waals surface area contributed by atoms with E-state index in [1.54, 1.807) is 24.4 Å². The summed E-state index contributed by atoms with van der Waals surface area (Å²) in [6, 6.07) is 7.35. The molecule has 0 spiro atoms. The van der Waals surface area contributed by atoms with Crippen LogP contribution < -0.4 is 9.64 Å².